The third-order valence-electron chi connectivity index (χ3n) is 5.42. The second-order valence-electron chi connectivity index (χ2n) is 7.40. The summed E-state index contributed by atoms with van der Waals surface area (Å²) in [7, 11) is 0. The van der Waals surface area contributed by atoms with E-state index in [1.165, 1.54) is 16.2 Å². The van der Waals surface area contributed by atoms with Crippen molar-refractivity contribution < 1.29 is 9.59 Å². The molecule has 1 aliphatic heterocycles. The monoisotopic (exact) mass is 379 g/mol. The van der Waals surface area contributed by atoms with Gasteiger partial charge in [0.1, 0.15) is 11.1 Å². The molecule has 2 atom stereocenters. The third kappa shape index (κ3) is 3.35. The fraction of sp³-hybridized carbons (Fsp3) is 0.381. The Bertz CT molecular complexity index is 929. The number of nitrogens with one attached hydrogen (secondary N) is 1. The number of nitriles is 1. The van der Waals surface area contributed by atoms with Gasteiger partial charge in [0.25, 0.3) is 0 Å². The van der Waals surface area contributed by atoms with Crippen LogP contribution in [0.2, 0.25) is 0 Å². The van der Waals surface area contributed by atoms with E-state index < -0.39 is 5.92 Å². The Morgan fingerprint density at radius 1 is 1.30 bits per heavy atom. The van der Waals surface area contributed by atoms with Crippen molar-refractivity contribution in [3.05, 3.63) is 46.3 Å². The molecule has 2 aliphatic rings. The minimum absolute atomic E-state index is 0.0406. The van der Waals surface area contributed by atoms with E-state index in [1.807, 2.05) is 30.3 Å². The van der Waals surface area contributed by atoms with Gasteiger partial charge in [-0.25, -0.2) is 0 Å². The summed E-state index contributed by atoms with van der Waals surface area (Å²) in [5.41, 5.74) is 2.53. The first-order valence-electron chi connectivity index (χ1n) is 9.27. The van der Waals surface area contributed by atoms with Crippen molar-refractivity contribution in [2.24, 2.45) is 11.8 Å². The van der Waals surface area contributed by atoms with E-state index >= 15 is 0 Å². The van der Waals surface area contributed by atoms with Gasteiger partial charge in [-0.3, -0.25) is 9.59 Å². The van der Waals surface area contributed by atoms with Crippen LogP contribution in [-0.4, -0.2) is 18.4 Å². The molecule has 2 unspecified atom stereocenters. The Morgan fingerprint density at radius 3 is 2.81 bits per heavy atom. The maximum absolute atomic E-state index is 12.8. The van der Waals surface area contributed by atoms with E-state index in [4.69, 9.17) is 0 Å². The summed E-state index contributed by atoms with van der Waals surface area (Å²) in [5.74, 6) is -0.00786. The number of benzene rings is 1. The molecule has 0 saturated carbocycles. The number of carbonyl (C=O) groups is 2. The largest absolute Gasteiger partial charge is 0.316 e. The predicted octanol–water partition coefficient (Wildman–Crippen LogP) is 3.74. The zero-order chi connectivity index (χ0) is 19.0. The number of amides is 2. The predicted molar refractivity (Wildman–Crippen MR) is 106 cm³/mol. The quantitative estimate of drug-likeness (QED) is 0.883. The first kappa shape index (κ1) is 17.7. The molecule has 1 saturated heterocycles. The Morgan fingerprint density at radius 2 is 2.07 bits per heavy atom. The maximum Gasteiger partial charge on any atom is 0.230 e. The number of nitrogens with zero attached hydrogens (tertiary/aromatic N) is 2. The highest BCUT2D eigenvalue weighted by atomic mass is 32.1. The van der Waals surface area contributed by atoms with E-state index in [0.29, 0.717) is 23.0 Å². The summed E-state index contributed by atoms with van der Waals surface area (Å²) in [4.78, 5) is 28.0. The number of rotatable bonds is 3. The van der Waals surface area contributed by atoms with Crippen LogP contribution in [0.4, 0.5) is 10.7 Å². The van der Waals surface area contributed by atoms with Gasteiger partial charge in [0, 0.05) is 23.5 Å². The summed E-state index contributed by atoms with van der Waals surface area (Å²) in [5, 5.41) is 13.2. The lowest BCUT2D eigenvalue weighted by atomic mass is 9.88. The number of hydrogen-bond donors (Lipinski definition) is 1. The van der Waals surface area contributed by atoms with Crippen LogP contribution in [-0.2, 0) is 22.4 Å². The Kier molecular flexibility index (Phi) is 4.71. The number of carbonyl (C=O) groups excluding carboxylic acids is 2. The zero-order valence-electron chi connectivity index (χ0n) is 15.2. The number of para-hydroxylation sites is 1. The SMILES string of the molecule is CC1CCc2c(sc(NC(=O)C3CC(=O)N(c4ccccc4)C3)c2C#N)C1. The molecular weight excluding hydrogens is 358 g/mol. The van der Waals surface area contributed by atoms with Gasteiger partial charge in [-0.05, 0) is 42.9 Å². The summed E-state index contributed by atoms with van der Waals surface area (Å²) >= 11 is 1.52. The van der Waals surface area contributed by atoms with Gasteiger partial charge in [-0.2, -0.15) is 5.26 Å². The molecule has 1 aliphatic carbocycles. The molecule has 138 valence electrons. The van der Waals surface area contributed by atoms with Gasteiger partial charge >= 0.3 is 0 Å². The second kappa shape index (κ2) is 7.16. The molecule has 2 heterocycles. The normalized spacial score (nSPS) is 21.6. The Labute approximate surface area is 162 Å². The second-order valence-corrected chi connectivity index (χ2v) is 8.50. The van der Waals surface area contributed by atoms with Crippen LogP contribution in [0.5, 0.6) is 0 Å². The summed E-state index contributed by atoms with van der Waals surface area (Å²) in [6, 6.07) is 11.7. The standard InChI is InChI=1S/C21H21N3O2S/c1-13-7-8-16-17(11-22)21(27-18(16)9-13)23-20(26)14-10-19(25)24(12-14)15-5-3-2-4-6-15/h2-6,13-14H,7-10,12H2,1H3,(H,23,26). The number of thiophene rings is 1. The number of hydrogen-bond acceptors (Lipinski definition) is 4. The molecule has 2 aromatic rings. The van der Waals surface area contributed by atoms with Gasteiger partial charge < -0.3 is 10.2 Å². The number of fused-ring (bicyclic) bond motifs is 1. The van der Waals surface area contributed by atoms with Gasteiger partial charge in [-0.15, -0.1) is 11.3 Å². The molecule has 1 fully saturated rings. The van der Waals surface area contributed by atoms with Crippen molar-refractivity contribution >= 4 is 33.8 Å². The zero-order valence-corrected chi connectivity index (χ0v) is 16.0. The van der Waals surface area contributed by atoms with Gasteiger partial charge in [0.15, 0.2) is 0 Å². The van der Waals surface area contributed by atoms with E-state index in [2.05, 4.69) is 18.3 Å². The van der Waals surface area contributed by atoms with Crippen LogP contribution >= 0.6 is 11.3 Å². The molecule has 1 N–H and O–H groups in total. The van der Waals surface area contributed by atoms with Crippen molar-refractivity contribution in [1.82, 2.24) is 0 Å². The first-order valence-corrected chi connectivity index (χ1v) is 10.1. The third-order valence-corrected chi connectivity index (χ3v) is 6.59. The minimum Gasteiger partial charge on any atom is -0.316 e. The van der Waals surface area contributed by atoms with Crippen LogP contribution in [0.15, 0.2) is 30.3 Å². The molecular formula is C21H21N3O2S. The first-order chi connectivity index (χ1) is 13.1. The van der Waals surface area contributed by atoms with Crippen molar-refractivity contribution in [3.63, 3.8) is 0 Å². The topological polar surface area (TPSA) is 73.2 Å². The fourth-order valence-corrected chi connectivity index (χ4v) is 5.28. The van der Waals surface area contributed by atoms with E-state index in [9.17, 15) is 14.9 Å². The highest BCUT2D eigenvalue weighted by molar-refractivity contribution is 7.16. The molecule has 4 rings (SSSR count). The van der Waals surface area contributed by atoms with Crippen LogP contribution in [0.3, 0.4) is 0 Å². The fourth-order valence-electron chi connectivity index (χ4n) is 3.91. The lowest BCUT2D eigenvalue weighted by Crippen LogP contribution is -2.28. The van der Waals surface area contributed by atoms with Crippen LogP contribution in [0.1, 0.15) is 35.8 Å². The van der Waals surface area contributed by atoms with Gasteiger partial charge in [-0.1, -0.05) is 25.1 Å². The van der Waals surface area contributed by atoms with Gasteiger partial charge in [0.05, 0.1) is 11.5 Å². The Balaban J connectivity index is 1.51. The molecule has 1 aromatic carbocycles. The highest BCUT2D eigenvalue weighted by Gasteiger charge is 2.36. The summed E-state index contributed by atoms with van der Waals surface area (Å²) < 4.78 is 0. The van der Waals surface area contributed by atoms with Crippen molar-refractivity contribution in [2.75, 3.05) is 16.8 Å². The molecule has 1 aromatic heterocycles. The average molecular weight is 379 g/mol. The molecule has 0 bridgehead atoms. The van der Waals surface area contributed by atoms with Crippen molar-refractivity contribution in [1.29, 1.82) is 5.26 Å². The lowest BCUT2D eigenvalue weighted by molar-refractivity contribution is -0.122. The van der Waals surface area contributed by atoms with Crippen LogP contribution in [0.25, 0.3) is 0 Å². The minimum atomic E-state index is -0.401. The highest BCUT2D eigenvalue weighted by Crippen LogP contribution is 2.39. The molecule has 27 heavy (non-hydrogen) atoms. The molecule has 6 heteroatoms. The molecule has 5 nitrogen and oxygen atoms in total. The van der Waals surface area contributed by atoms with E-state index in [0.717, 1.165) is 30.5 Å². The van der Waals surface area contributed by atoms with E-state index in [1.54, 1.807) is 4.90 Å². The van der Waals surface area contributed by atoms with Crippen LogP contribution in [0, 0.1) is 23.2 Å². The summed E-state index contributed by atoms with van der Waals surface area (Å²) in [6.45, 7) is 2.59. The lowest BCUT2D eigenvalue weighted by Gasteiger charge is -2.17. The number of anilines is 2. The smallest absolute Gasteiger partial charge is 0.230 e. The van der Waals surface area contributed by atoms with Crippen molar-refractivity contribution in [3.8, 4) is 6.07 Å². The van der Waals surface area contributed by atoms with Crippen LogP contribution < -0.4 is 10.2 Å². The van der Waals surface area contributed by atoms with Crippen molar-refractivity contribution in [2.45, 2.75) is 32.6 Å². The molecule has 0 spiro atoms. The average Bonchev–Trinajstić information content (AvgIpc) is 3.22. The molecule has 2 amide bonds. The maximum atomic E-state index is 12.8. The summed E-state index contributed by atoms with van der Waals surface area (Å²) in [6.07, 6.45) is 3.14. The molecule has 0 radical (unpaired) electrons. The Hall–Kier alpha value is -2.65. The van der Waals surface area contributed by atoms with Gasteiger partial charge in [0.2, 0.25) is 11.8 Å². The van der Waals surface area contributed by atoms with E-state index in [-0.39, 0.29) is 18.2 Å².